The van der Waals surface area contributed by atoms with E-state index < -0.39 is 30.5 Å². The number of benzene rings is 1. The van der Waals surface area contributed by atoms with Gasteiger partial charge >= 0.3 is 18.2 Å². The summed E-state index contributed by atoms with van der Waals surface area (Å²) in [7, 11) is 0. The quantitative estimate of drug-likeness (QED) is 0.455. The number of carboxylic acids is 1. The Balaban J connectivity index is 1.95. The van der Waals surface area contributed by atoms with Gasteiger partial charge < -0.3 is 15.3 Å². The summed E-state index contributed by atoms with van der Waals surface area (Å²) < 4.78 is 40.9. The molecule has 1 fully saturated rings. The summed E-state index contributed by atoms with van der Waals surface area (Å²) >= 11 is 5.80. The number of rotatable bonds is 6. The summed E-state index contributed by atoms with van der Waals surface area (Å²) in [6.45, 7) is 5.54. The summed E-state index contributed by atoms with van der Waals surface area (Å²) in [6.07, 6.45) is -3.50. The number of hydrogen-bond donors (Lipinski definition) is 3. The van der Waals surface area contributed by atoms with Crippen LogP contribution in [-0.2, 0) is 4.79 Å². The fraction of sp³-hybridized carbons (Fsp3) is 0.435. The molecule has 0 aliphatic carbocycles. The Labute approximate surface area is 200 Å². The van der Waals surface area contributed by atoms with E-state index in [2.05, 4.69) is 29.5 Å². The Bertz CT molecular complexity index is 1020. The van der Waals surface area contributed by atoms with E-state index in [1.807, 2.05) is 4.90 Å². The van der Waals surface area contributed by atoms with E-state index in [1.54, 1.807) is 0 Å². The van der Waals surface area contributed by atoms with Crippen molar-refractivity contribution < 1.29 is 27.9 Å². The number of aliphatic carboxylic acids is 1. The zero-order valence-corrected chi connectivity index (χ0v) is 19.5. The monoisotopic (exact) mass is 498 g/mol. The number of hydrogen-bond acceptors (Lipinski definition) is 4. The van der Waals surface area contributed by atoms with Gasteiger partial charge in [0.05, 0.1) is 28.7 Å². The van der Waals surface area contributed by atoms with Crippen LogP contribution in [-0.4, -0.2) is 41.4 Å². The third-order valence-electron chi connectivity index (χ3n) is 5.62. The summed E-state index contributed by atoms with van der Waals surface area (Å²) in [5.41, 5.74) is 0.485. The maximum atomic E-state index is 13.6. The molecule has 0 bridgehead atoms. The number of piperidine rings is 1. The molecule has 11 heteroatoms. The lowest BCUT2D eigenvalue weighted by Crippen LogP contribution is -2.39. The molecular formula is C23H26ClF3N4O3. The van der Waals surface area contributed by atoms with Gasteiger partial charge in [-0.15, -0.1) is 0 Å². The van der Waals surface area contributed by atoms with Crippen molar-refractivity contribution in [1.29, 1.82) is 0 Å². The molecule has 184 valence electrons. The van der Waals surface area contributed by atoms with Gasteiger partial charge in [-0.25, -0.2) is 9.78 Å². The fourth-order valence-electron chi connectivity index (χ4n) is 4.32. The molecule has 0 radical (unpaired) electrons. The highest BCUT2D eigenvalue weighted by atomic mass is 35.5. The molecule has 1 aliphatic rings. The second-order valence-corrected chi connectivity index (χ2v) is 9.20. The number of anilines is 3. The lowest BCUT2D eigenvalue weighted by atomic mass is 9.90. The van der Waals surface area contributed by atoms with Crippen LogP contribution in [0.5, 0.6) is 0 Å². The Kier molecular flexibility index (Phi) is 7.91. The van der Waals surface area contributed by atoms with Crippen molar-refractivity contribution >= 4 is 40.8 Å². The predicted octanol–water partition coefficient (Wildman–Crippen LogP) is 5.98. The molecular weight excluding hydrogens is 473 g/mol. The first kappa shape index (κ1) is 25.6. The minimum absolute atomic E-state index is 0.157. The highest BCUT2D eigenvalue weighted by Gasteiger charge is 2.42. The van der Waals surface area contributed by atoms with E-state index in [9.17, 15) is 22.8 Å². The van der Waals surface area contributed by atoms with Crippen molar-refractivity contribution in [3.05, 3.63) is 47.1 Å². The van der Waals surface area contributed by atoms with Crippen LogP contribution in [0.2, 0.25) is 5.02 Å². The van der Waals surface area contributed by atoms with Crippen molar-refractivity contribution in [3.63, 3.8) is 0 Å². The molecule has 3 rings (SSSR count). The van der Waals surface area contributed by atoms with Crippen molar-refractivity contribution in [1.82, 2.24) is 4.98 Å². The van der Waals surface area contributed by atoms with Crippen LogP contribution in [0.25, 0.3) is 0 Å². The van der Waals surface area contributed by atoms with Gasteiger partial charge in [0.2, 0.25) is 0 Å². The van der Waals surface area contributed by atoms with Crippen LogP contribution in [0.3, 0.4) is 0 Å². The van der Waals surface area contributed by atoms with Crippen LogP contribution in [0.15, 0.2) is 36.5 Å². The molecule has 1 aromatic heterocycles. The molecule has 1 aromatic carbocycles. The zero-order chi connectivity index (χ0) is 25.0. The highest BCUT2D eigenvalue weighted by Crippen LogP contribution is 2.41. The lowest BCUT2D eigenvalue weighted by molar-refractivity contribution is -0.163. The summed E-state index contributed by atoms with van der Waals surface area (Å²) in [5.74, 6) is -2.85. The number of amides is 2. The summed E-state index contributed by atoms with van der Waals surface area (Å²) in [5, 5.41) is 14.5. The number of urea groups is 1. The van der Waals surface area contributed by atoms with Crippen molar-refractivity contribution in [2.45, 2.75) is 38.8 Å². The first-order chi connectivity index (χ1) is 15.9. The summed E-state index contributed by atoms with van der Waals surface area (Å²) in [6, 6.07) is 6.32. The lowest BCUT2D eigenvalue weighted by Gasteiger charge is -2.37. The van der Waals surface area contributed by atoms with Gasteiger partial charge in [0.1, 0.15) is 5.82 Å². The molecule has 7 nitrogen and oxygen atoms in total. The molecule has 0 spiro atoms. The molecule has 2 heterocycles. The van der Waals surface area contributed by atoms with Crippen LogP contribution in [0.1, 0.15) is 38.2 Å². The molecule has 3 unspecified atom stereocenters. The van der Waals surface area contributed by atoms with Crippen molar-refractivity contribution in [2.24, 2.45) is 11.8 Å². The van der Waals surface area contributed by atoms with Crippen LogP contribution in [0, 0.1) is 11.8 Å². The average molecular weight is 499 g/mol. The molecule has 34 heavy (non-hydrogen) atoms. The molecule has 3 atom stereocenters. The van der Waals surface area contributed by atoms with Crippen molar-refractivity contribution in [3.8, 4) is 0 Å². The summed E-state index contributed by atoms with van der Waals surface area (Å²) in [4.78, 5) is 29.8. The van der Waals surface area contributed by atoms with Gasteiger partial charge in [-0.2, -0.15) is 13.2 Å². The minimum Gasteiger partial charge on any atom is -0.481 e. The minimum atomic E-state index is -4.76. The van der Waals surface area contributed by atoms with Crippen LogP contribution in [0.4, 0.5) is 35.2 Å². The number of carbonyl (C=O) groups is 2. The number of carbonyl (C=O) groups excluding carboxylic acids is 1. The number of aromatic nitrogens is 1. The molecule has 3 N–H and O–H groups in total. The SMILES string of the molecule is CC1CC(C)CN(c2ccc(C(CC(=O)O)C(F)(F)F)cc2NC(=O)Nc2ccc(Cl)cn2)C1. The van der Waals surface area contributed by atoms with Gasteiger partial charge in [0.25, 0.3) is 0 Å². The molecule has 1 saturated heterocycles. The van der Waals surface area contributed by atoms with Gasteiger partial charge in [-0.3, -0.25) is 10.1 Å². The highest BCUT2D eigenvalue weighted by molar-refractivity contribution is 6.30. The van der Waals surface area contributed by atoms with Crippen LogP contribution >= 0.6 is 11.6 Å². The van der Waals surface area contributed by atoms with Gasteiger partial charge in [0, 0.05) is 19.3 Å². The van der Waals surface area contributed by atoms with E-state index in [1.165, 1.54) is 36.5 Å². The number of nitrogens with one attached hydrogen (secondary N) is 2. The van der Waals surface area contributed by atoms with Gasteiger partial charge in [-0.05, 0) is 48.1 Å². The predicted molar refractivity (Wildman–Crippen MR) is 125 cm³/mol. The van der Waals surface area contributed by atoms with E-state index in [0.29, 0.717) is 35.6 Å². The molecule has 2 amide bonds. The maximum Gasteiger partial charge on any atom is 0.396 e. The first-order valence-electron chi connectivity index (χ1n) is 10.8. The average Bonchev–Trinajstić information content (AvgIpc) is 2.72. The zero-order valence-electron chi connectivity index (χ0n) is 18.7. The number of pyridine rings is 1. The first-order valence-corrected chi connectivity index (χ1v) is 11.2. The number of halogens is 4. The second kappa shape index (κ2) is 10.5. The van der Waals surface area contributed by atoms with E-state index in [4.69, 9.17) is 16.7 Å². The topological polar surface area (TPSA) is 94.6 Å². The Hall–Kier alpha value is -3.01. The number of alkyl halides is 3. The van der Waals surface area contributed by atoms with Crippen molar-refractivity contribution in [2.75, 3.05) is 28.6 Å². The Morgan fingerprint density at radius 1 is 1.18 bits per heavy atom. The third kappa shape index (κ3) is 6.75. The van der Waals surface area contributed by atoms with Crippen LogP contribution < -0.4 is 15.5 Å². The second-order valence-electron chi connectivity index (χ2n) is 8.76. The maximum absolute atomic E-state index is 13.6. The Morgan fingerprint density at radius 3 is 2.41 bits per heavy atom. The fourth-order valence-corrected chi connectivity index (χ4v) is 4.43. The molecule has 2 aromatic rings. The third-order valence-corrected chi connectivity index (χ3v) is 5.85. The molecule has 0 saturated carbocycles. The molecule has 1 aliphatic heterocycles. The largest absolute Gasteiger partial charge is 0.481 e. The number of nitrogens with zero attached hydrogens (tertiary/aromatic N) is 2. The van der Waals surface area contributed by atoms with Gasteiger partial charge in [0.15, 0.2) is 0 Å². The van der Waals surface area contributed by atoms with E-state index in [-0.39, 0.29) is 17.1 Å². The number of carboxylic acid groups (broad SMARTS) is 1. The van der Waals surface area contributed by atoms with Gasteiger partial charge in [-0.1, -0.05) is 31.5 Å². The van der Waals surface area contributed by atoms with E-state index in [0.717, 1.165) is 6.42 Å². The Morgan fingerprint density at radius 2 is 1.85 bits per heavy atom. The standard InChI is InChI=1S/C23H26ClF3N4O3/c1-13-7-14(2)12-31(11-13)19-5-3-15(17(9-21(32)33)23(25,26)27)8-18(19)29-22(34)30-20-6-4-16(24)10-28-20/h3-6,8,10,13-14,17H,7,9,11-12H2,1-2H3,(H,32,33)(H2,28,29,30,34). The van der Waals surface area contributed by atoms with E-state index >= 15 is 0 Å². The normalized spacial score (nSPS) is 19.4. The smallest absolute Gasteiger partial charge is 0.396 e.